The summed E-state index contributed by atoms with van der Waals surface area (Å²) < 4.78 is 9.01. The van der Waals surface area contributed by atoms with Gasteiger partial charge in [0.05, 0.1) is 14.2 Å². The highest BCUT2D eigenvalue weighted by molar-refractivity contribution is 6.03. The number of esters is 1. The number of rotatable bonds is 3. The molecule has 0 saturated carbocycles. The van der Waals surface area contributed by atoms with Crippen molar-refractivity contribution in [1.82, 2.24) is 4.90 Å². The molecule has 2 amide bonds. The molecule has 0 saturated heterocycles. The Morgan fingerprint density at radius 2 is 1.53 bits per heavy atom. The molecule has 0 aromatic carbocycles. The van der Waals surface area contributed by atoms with Gasteiger partial charge in [-0.15, -0.1) is 0 Å². The van der Waals surface area contributed by atoms with Crippen LogP contribution in [0.3, 0.4) is 0 Å². The van der Waals surface area contributed by atoms with Crippen LogP contribution in [0.5, 0.6) is 0 Å². The van der Waals surface area contributed by atoms with Gasteiger partial charge < -0.3 is 9.47 Å². The zero-order valence-corrected chi connectivity index (χ0v) is 9.07. The Bertz CT molecular complexity index is 294. The van der Waals surface area contributed by atoms with Gasteiger partial charge in [-0.3, -0.25) is 9.59 Å². The number of nitrogens with zero attached hydrogens (tertiary/aromatic N) is 1. The number of ether oxygens (including phenoxy) is 2. The van der Waals surface area contributed by atoms with E-state index in [-0.39, 0.29) is 5.70 Å². The fraction of sp³-hybridized carbons (Fsp3) is 0.444. The maximum absolute atomic E-state index is 11.2. The SMILES string of the molecule is COC=C(C(=O)OC)N(C(C)=O)C(C)=O. The van der Waals surface area contributed by atoms with Crippen molar-refractivity contribution in [1.29, 1.82) is 0 Å². The molecule has 0 aromatic heterocycles. The molecule has 15 heavy (non-hydrogen) atoms. The normalized spacial score (nSPS) is 10.5. The smallest absolute Gasteiger partial charge is 0.358 e. The van der Waals surface area contributed by atoms with Crippen LogP contribution in [0, 0.1) is 0 Å². The first-order valence-electron chi connectivity index (χ1n) is 4.08. The zero-order valence-electron chi connectivity index (χ0n) is 9.07. The minimum atomic E-state index is -0.817. The molecule has 0 aliphatic rings. The van der Waals surface area contributed by atoms with Crippen LogP contribution in [0.2, 0.25) is 0 Å². The minimum absolute atomic E-state index is 0.250. The summed E-state index contributed by atoms with van der Waals surface area (Å²) in [6.45, 7) is 2.32. The summed E-state index contributed by atoms with van der Waals surface area (Å²) in [5.74, 6) is -1.99. The fourth-order valence-corrected chi connectivity index (χ4v) is 0.969. The van der Waals surface area contributed by atoms with Crippen molar-refractivity contribution in [3.05, 3.63) is 12.0 Å². The van der Waals surface area contributed by atoms with Crippen LogP contribution in [-0.2, 0) is 23.9 Å². The lowest BCUT2D eigenvalue weighted by Gasteiger charge is -2.17. The maximum atomic E-state index is 11.2. The molecule has 0 radical (unpaired) electrons. The number of hydrogen-bond acceptors (Lipinski definition) is 5. The van der Waals surface area contributed by atoms with Crippen molar-refractivity contribution in [2.45, 2.75) is 13.8 Å². The highest BCUT2D eigenvalue weighted by Crippen LogP contribution is 2.07. The first-order chi connectivity index (χ1) is 6.95. The van der Waals surface area contributed by atoms with E-state index in [2.05, 4.69) is 9.47 Å². The molecular formula is C9H13NO5. The first-order valence-corrected chi connectivity index (χ1v) is 4.08. The molecular weight excluding hydrogens is 202 g/mol. The van der Waals surface area contributed by atoms with Crippen molar-refractivity contribution >= 4 is 17.8 Å². The van der Waals surface area contributed by atoms with Crippen LogP contribution in [-0.4, -0.2) is 36.9 Å². The number of methoxy groups -OCH3 is 2. The lowest BCUT2D eigenvalue weighted by molar-refractivity contribution is -0.147. The van der Waals surface area contributed by atoms with E-state index in [1.807, 2.05) is 0 Å². The van der Waals surface area contributed by atoms with E-state index in [1.165, 1.54) is 7.11 Å². The van der Waals surface area contributed by atoms with E-state index >= 15 is 0 Å². The van der Waals surface area contributed by atoms with E-state index in [4.69, 9.17) is 0 Å². The van der Waals surface area contributed by atoms with E-state index in [0.29, 0.717) is 4.90 Å². The van der Waals surface area contributed by atoms with E-state index in [0.717, 1.165) is 27.2 Å². The summed E-state index contributed by atoms with van der Waals surface area (Å²) in [6, 6.07) is 0. The summed E-state index contributed by atoms with van der Waals surface area (Å²) >= 11 is 0. The fourth-order valence-electron chi connectivity index (χ4n) is 0.969. The van der Waals surface area contributed by atoms with Crippen molar-refractivity contribution < 1.29 is 23.9 Å². The second kappa shape index (κ2) is 5.79. The van der Waals surface area contributed by atoms with Gasteiger partial charge in [0.1, 0.15) is 6.26 Å². The number of hydrogen-bond donors (Lipinski definition) is 0. The van der Waals surface area contributed by atoms with Crippen LogP contribution in [0.4, 0.5) is 0 Å². The molecule has 6 nitrogen and oxygen atoms in total. The molecule has 6 heteroatoms. The molecule has 0 atom stereocenters. The number of carbonyl (C=O) groups is 3. The van der Waals surface area contributed by atoms with Gasteiger partial charge in [0, 0.05) is 13.8 Å². The average molecular weight is 215 g/mol. The topological polar surface area (TPSA) is 72.9 Å². The second-order valence-electron chi connectivity index (χ2n) is 2.60. The Morgan fingerprint density at radius 1 is 1.07 bits per heavy atom. The summed E-state index contributed by atoms with van der Waals surface area (Å²) in [5.41, 5.74) is -0.250. The van der Waals surface area contributed by atoms with Crippen LogP contribution in [0.15, 0.2) is 12.0 Å². The van der Waals surface area contributed by atoms with Crippen LogP contribution in [0.1, 0.15) is 13.8 Å². The maximum Gasteiger partial charge on any atom is 0.358 e. The third kappa shape index (κ3) is 3.41. The largest absolute Gasteiger partial charge is 0.502 e. The molecule has 0 bridgehead atoms. The second-order valence-corrected chi connectivity index (χ2v) is 2.60. The van der Waals surface area contributed by atoms with Crippen LogP contribution >= 0.6 is 0 Å². The van der Waals surface area contributed by atoms with Gasteiger partial charge in [-0.1, -0.05) is 0 Å². The Balaban J connectivity index is 5.20. The molecule has 0 N–H and O–H groups in total. The van der Waals surface area contributed by atoms with E-state index in [9.17, 15) is 14.4 Å². The molecule has 0 spiro atoms. The Morgan fingerprint density at radius 3 is 1.80 bits per heavy atom. The lowest BCUT2D eigenvalue weighted by Crippen LogP contribution is -2.36. The van der Waals surface area contributed by atoms with Gasteiger partial charge in [-0.2, -0.15) is 0 Å². The molecule has 0 aromatic rings. The first kappa shape index (κ1) is 13.2. The van der Waals surface area contributed by atoms with Crippen molar-refractivity contribution in [2.75, 3.05) is 14.2 Å². The molecule has 84 valence electrons. The molecule has 0 fully saturated rings. The monoisotopic (exact) mass is 215 g/mol. The number of amides is 2. The van der Waals surface area contributed by atoms with Gasteiger partial charge in [0.15, 0.2) is 5.70 Å². The van der Waals surface area contributed by atoms with Gasteiger partial charge in [0.2, 0.25) is 11.8 Å². The summed E-state index contributed by atoms with van der Waals surface area (Å²) in [7, 11) is 2.44. The summed E-state index contributed by atoms with van der Waals surface area (Å²) in [5, 5.41) is 0. The zero-order chi connectivity index (χ0) is 12.0. The average Bonchev–Trinajstić information content (AvgIpc) is 2.14. The third-order valence-corrected chi connectivity index (χ3v) is 1.49. The van der Waals surface area contributed by atoms with Gasteiger partial charge >= 0.3 is 5.97 Å². The number of carbonyl (C=O) groups excluding carboxylic acids is 3. The predicted molar refractivity (Wildman–Crippen MR) is 50.3 cm³/mol. The minimum Gasteiger partial charge on any atom is -0.502 e. The quantitative estimate of drug-likeness (QED) is 0.377. The van der Waals surface area contributed by atoms with Crippen molar-refractivity contribution in [3.63, 3.8) is 0 Å². The summed E-state index contributed by atoms with van der Waals surface area (Å²) in [4.78, 5) is 34.2. The molecule has 0 aliphatic carbocycles. The van der Waals surface area contributed by atoms with Crippen LogP contribution in [0.25, 0.3) is 0 Å². The van der Waals surface area contributed by atoms with Crippen LogP contribution < -0.4 is 0 Å². The molecule has 0 heterocycles. The third-order valence-electron chi connectivity index (χ3n) is 1.49. The Kier molecular flexibility index (Phi) is 5.08. The lowest BCUT2D eigenvalue weighted by atomic mass is 10.3. The van der Waals surface area contributed by atoms with Gasteiger partial charge in [-0.25, -0.2) is 9.69 Å². The van der Waals surface area contributed by atoms with Crippen molar-refractivity contribution in [3.8, 4) is 0 Å². The molecule has 0 rings (SSSR count). The van der Waals surface area contributed by atoms with Gasteiger partial charge in [0.25, 0.3) is 0 Å². The Hall–Kier alpha value is -1.85. The van der Waals surface area contributed by atoms with Crippen molar-refractivity contribution in [2.24, 2.45) is 0 Å². The van der Waals surface area contributed by atoms with Gasteiger partial charge in [-0.05, 0) is 0 Å². The molecule has 0 unspecified atom stereocenters. The van der Waals surface area contributed by atoms with E-state index in [1.54, 1.807) is 0 Å². The van der Waals surface area contributed by atoms with E-state index < -0.39 is 17.8 Å². The highest BCUT2D eigenvalue weighted by Gasteiger charge is 2.25. The summed E-state index contributed by atoms with van der Waals surface area (Å²) in [6.07, 6.45) is 0.981. The highest BCUT2D eigenvalue weighted by atomic mass is 16.5. The standard InChI is InChI=1S/C9H13NO5/c1-6(11)10(7(2)12)8(5-14-3)9(13)15-4/h5H,1-4H3. The molecule has 0 aliphatic heterocycles. The Labute approximate surface area is 87.4 Å². The number of imide groups is 1. The predicted octanol–water partition coefficient (Wildman–Crippen LogP) is 0.0422.